The fourth-order valence-electron chi connectivity index (χ4n) is 1.68. The van der Waals surface area contributed by atoms with Gasteiger partial charge in [-0.3, -0.25) is 14.9 Å². The van der Waals surface area contributed by atoms with Crippen molar-refractivity contribution in [3.63, 3.8) is 0 Å². The van der Waals surface area contributed by atoms with Crippen LogP contribution in [-0.2, 0) is 9.59 Å². The standard InChI is InChI=1S/C12H9BrF2N2O3/c1-12(2)9(18)16-11(20)17(10(12)19)8-4-6(14)5(13)3-7(8)15/h3-4H,1-2H3,(H,16,18,20). The Labute approximate surface area is 121 Å². The summed E-state index contributed by atoms with van der Waals surface area (Å²) < 4.78 is 27.2. The maximum absolute atomic E-state index is 13.9. The summed E-state index contributed by atoms with van der Waals surface area (Å²) in [6.45, 7) is 2.58. The second-order valence-electron chi connectivity index (χ2n) is 4.74. The van der Waals surface area contributed by atoms with Crippen molar-refractivity contribution in [2.45, 2.75) is 13.8 Å². The molecule has 0 bridgehead atoms. The number of anilines is 1. The molecule has 0 saturated carbocycles. The van der Waals surface area contributed by atoms with E-state index in [4.69, 9.17) is 0 Å². The number of urea groups is 1. The Kier molecular flexibility index (Phi) is 3.37. The third-order valence-electron chi connectivity index (χ3n) is 2.96. The quantitative estimate of drug-likeness (QED) is 0.626. The lowest BCUT2D eigenvalue weighted by atomic mass is 9.88. The molecule has 0 radical (unpaired) electrons. The van der Waals surface area contributed by atoms with Crippen molar-refractivity contribution in [2.24, 2.45) is 5.41 Å². The normalized spacial score (nSPS) is 18.2. The maximum Gasteiger partial charge on any atom is 0.335 e. The van der Waals surface area contributed by atoms with E-state index in [1.165, 1.54) is 13.8 Å². The van der Waals surface area contributed by atoms with Crippen LogP contribution in [0.1, 0.15) is 13.8 Å². The molecule has 0 aromatic heterocycles. The molecule has 4 amide bonds. The molecule has 106 valence electrons. The number of imide groups is 2. The number of barbiturate groups is 1. The molecule has 1 aliphatic rings. The van der Waals surface area contributed by atoms with E-state index in [9.17, 15) is 23.2 Å². The number of amides is 4. The topological polar surface area (TPSA) is 66.5 Å². The number of hydrogen-bond acceptors (Lipinski definition) is 3. The van der Waals surface area contributed by atoms with Gasteiger partial charge in [-0.15, -0.1) is 0 Å². The van der Waals surface area contributed by atoms with Crippen molar-refractivity contribution in [3.05, 3.63) is 28.2 Å². The van der Waals surface area contributed by atoms with Crippen molar-refractivity contribution in [2.75, 3.05) is 4.90 Å². The number of hydrogen-bond donors (Lipinski definition) is 1. The molecule has 0 spiro atoms. The predicted molar refractivity (Wildman–Crippen MR) is 68.9 cm³/mol. The van der Waals surface area contributed by atoms with Crippen LogP contribution in [0.25, 0.3) is 0 Å². The Morgan fingerprint density at radius 1 is 1.15 bits per heavy atom. The Hall–Kier alpha value is -1.83. The van der Waals surface area contributed by atoms with Crippen molar-refractivity contribution >= 4 is 39.5 Å². The van der Waals surface area contributed by atoms with Gasteiger partial charge in [-0.05, 0) is 35.8 Å². The molecule has 1 heterocycles. The average molecular weight is 347 g/mol. The van der Waals surface area contributed by atoms with Gasteiger partial charge in [0.05, 0.1) is 10.2 Å². The fourth-order valence-corrected chi connectivity index (χ4v) is 2.00. The molecule has 1 aliphatic heterocycles. The van der Waals surface area contributed by atoms with Gasteiger partial charge >= 0.3 is 6.03 Å². The lowest BCUT2D eigenvalue weighted by Gasteiger charge is -2.34. The molecule has 0 unspecified atom stereocenters. The molecule has 1 aromatic rings. The summed E-state index contributed by atoms with van der Waals surface area (Å²) >= 11 is 2.79. The van der Waals surface area contributed by atoms with Gasteiger partial charge in [0.25, 0.3) is 0 Å². The predicted octanol–water partition coefficient (Wildman–Crippen LogP) is 2.34. The van der Waals surface area contributed by atoms with Gasteiger partial charge < -0.3 is 0 Å². The molecular weight excluding hydrogens is 338 g/mol. The van der Waals surface area contributed by atoms with Gasteiger partial charge in [0.2, 0.25) is 11.8 Å². The molecule has 2 rings (SSSR count). The minimum atomic E-state index is -1.55. The SMILES string of the molecule is CC1(C)C(=O)NC(=O)N(c2cc(F)c(Br)cc2F)C1=O. The monoisotopic (exact) mass is 346 g/mol. The summed E-state index contributed by atoms with van der Waals surface area (Å²) in [7, 11) is 0. The molecule has 1 fully saturated rings. The minimum Gasteiger partial charge on any atom is -0.276 e. The van der Waals surface area contributed by atoms with Crippen LogP contribution in [0.5, 0.6) is 0 Å². The highest BCUT2D eigenvalue weighted by atomic mass is 79.9. The summed E-state index contributed by atoms with van der Waals surface area (Å²) in [6.07, 6.45) is 0. The zero-order chi connectivity index (χ0) is 15.2. The van der Waals surface area contributed by atoms with Gasteiger partial charge in [0, 0.05) is 6.07 Å². The number of nitrogens with one attached hydrogen (secondary N) is 1. The lowest BCUT2D eigenvalue weighted by molar-refractivity contribution is -0.140. The van der Waals surface area contributed by atoms with Crippen LogP contribution in [-0.4, -0.2) is 17.8 Å². The Morgan fingerprint density at radius 3 is 2.35 bits per heavy atom. The van der Waals surface area contributed by atoms with Crippen molar-refractivity contribution in [3.8, 4) is 0 Å². The van der Waals surface area contributed by atoms with Crippen molar-refractivity contribution in [1.82, 2.24) is 5.32 Å². The molecule has 5 nitrogen and oxygen atoms in total. The lowest BCUT2D eigenvalue weighted by Crippen LogP contribution is -2.62. The average Bonchev–Trinajstić information content (AvgIpc) is 2.33. The van der Waals surface area contributed by atoms with E-state index in [0.29, 0.717) is 11.0 Å². The first-order valence-corrected chi connectivity index (χ1v) is 6.30. The molecule has 8 heteroatoms. The summed E-state index contributed by atoms with van der Waals surface area (Å²) in [5.74, 6) is -3.52. The largest absolute Gasteiger partial charge is 0.335 e. The summed E-state index contributed by atoms with van der Waals surface area (Å²) in [4.78, 5) is 35.9. The van der Waals surface area contributed by atoms with Gasteiger partial charge in [-0.2, -0.15) is 0 Å². The molecule has 20 heavy (non-hydrogen) atoms. The minimum absolute atomic E-state index is 0.140. The molecule has 0 atom stereocenters. The fraction of sp³-hybridized carbons (Fsp3) is 0.250. The van der Waals surface area contributed by atoms with E-state index < -0.39 is 40.6 Å². The number of carbonyl (C=O) groups is 3. The zero-order valence-electron chi connectivity index (χ0n) is 10.5. The highest BCUT2D eigenvalue weighted by Crippen LogP contribution is 2.32. The van der Waals surface area contributed by atoms with Crippen LogP contribution in [0.4, 0.5) is 19.3 Å². The molecule has 1 saturated heterocycles. The highest BCUT2D eigenvalue weighted by molar-refractivity contribution is 9.10. The van der Waals surface area contributed by atoms with Gasteiger partial charge in [0.1, 0.15) is 17.0 Å². The third-order valence-corrected chi connectivity index (χ3v) is 3.57. The number of benzene rings is 1. The van der Waals surface area contributed by atoms with Crippen LogP contribution >= 0.6 is 15.9 Å². The van der Waals surface area contributed by atoms with Crippen LogP contribution in [0.15, 0.2) is 16.6 Å². The van der Waals surface area contributed by atoms with Crippen LogP contribution < -0.4 is 10.2 Å². The Bertz CT molecular complexity index is 646. The van der Waals surface area contributed by atoms with E-state index in [1.54, 1.807) is 0 Å². The van der Waals surface area contributed by atoms with Gasteiger partial charge in [-0.1, -0.05) is 0 Å². The molecular formula is C12H9BrF2N2O3. The van der Waals surface area contributed by atoms with E-state index >= 15 is 0 Å². The van der Waals surface area contributed by atoms with E-state index in [-0.39, 0.29) is 4.47 Å². The van der Waals surface area contributed by atoms with Crippen molar-refractivity contribution in [1.29, 1.82) is 0 Å². The van der Waals surface area contributed by atoms with E-state index in [2.05, 4.69) is 15.9 Å². The highest BCUT2D eigenvalue weighted by Gasteiger charge is 2.48. The van der Waals surface area contributed by atoms with Crippen molar-refractivity contribution < 1.29 is 23.2 Å². The number of halogens is 3. The van der Waals surface area contributed by atoms with E-state index in [0.717, 1.165) is 6.07 Å². The van der Waals surface area contributed by atoms with Crippen LogP contribution in [0, 0.1) is 17.0 Å². The van der Waals surface area contributed by atoms with Gasteiger partial charge in [-0.25, -0.2) is 18.5 Å². The second-order valence-corrected chi connectivity index (χ2v) is 5.60. The van der Waals surface area contributed by atoms with E-state index in [1.807, 2.05) is 5.32 Å². The molecule has 1 N–H and O–H groups in total. The first-order chi connectivity index (χ1) is 9.16. The number of carbonyl (C=O) groups excluding carboxylic acids is 3. The number of nitrogens with zero attached hydrogens (tertiary/aromatic N) is 1. The number of rotatable bonds is 1. The molecule has 1 aromatic carbocycles. The second kappa shape index (κ2) is 4.62. The smallest absolute Gasteiger partial charge is 0.276 e. The molecule has 0 aliphatic carbocycles. The van der Waals surface area contributed by atoms with Crippen LogP contribution in [0.3, 0.4) is 0 Å². The Balaban J connectivity index is 2.57. The maximum atomic E-state index is 13.9. The van der Waals surface area contributed by atoms with Gasteiger partial charge in [0.15, 0.2) is 0 Å². The summed E-state index contributed by atoms with van der Waals surface area (Å²) in [6, 6.07) is 0.400. The summed E-state index contributed by atoms with van der Waals surface area (Å²) in [5.41, 5.74) is -2.10. The first kappa shape index (κ1) is 14.6. The third kappa shape index (κ3) is 2.09. The zero-order valence-corrected chi connectivity index (χ0v) is 12.0. The Morgan fingerprint density at radius 2 is 1.75 bits per heavy atom. The first-order valence-electron chi connectivity index (χ1n) is 5.50. The van der Waals surface area contributed by atoms with Crippen LogP contribution in [0.2, 0.25) is 0 Å². The summed E-state index contributed by atoms with van der Waals surface area (Å²) in [5, 5.41) is 1.94.